The Morgan fingerprint density at radius 1 is 1.29 bits per heavy atom. The van der Waals surface area contributed by atoms with Crippen LogP contribution in [-0.4, -0.2) is 63.9 Å². The van der Waals surface area contributed by atoms with Crippen LogP contribution in [0.3, 0.4) is 0 Å². The van der Waals surface area contributed by atoms with E-state index in [0.717, 1.165) is 25.9 Å². The number of nitrogens with zero attached hydrogens (tertiary/aromatic N) is 1. The van der Waals surface area contributed by atoms with Gasteiger partial charge in [-0.1, -0.05) is 0 Å². The van der Waals surface area contributed by atoms with Gasteiger partial charge in [0.25, 0.3) is 0 Å². The molecule has 0 aliphatic carbocycles. The van der Waals surface area contributed by atoms with Crippen molar-refractivity contribution in [2.45, 2.75) is 25.4 Å². The number of amides is 1. The van der Waals surface area contributed by atoms with Crippen molar-refractivity contribution in [1.82, 2.24) is 10.2 Å². The zero-order chi connectivity index (χ0) is 12.5. The van der Waals surface area contributed by atoms with Gasteiger partial charge in [0, 0.05) is 33.9 Å². The number of hydrogen-bond acceptors (Lipinski definition) is 4. The number of methoxy groups -OCH3 is 2. The van der Waals surface area contributed by atoms with E-state index in [-0.39, 0.29) is 12.0 Å². The number of rotatable bonds is 7. The molecule has 100 valence electrons. The first kappa shape index (κ1) is 14.4. The second-order valence-electron chi connectivity index (χ2n) is 4.39. The molecule has 0 aromatic rings. The van der Waals surface area contributed by atoms with Gasteiger partial charge in [0.2, 0.25) is 5.91 Å². The quantitative estimate of drug-likeness (QED) is 0.697. The fourth-order valence-corrected chi connectivity index (χ4v) is 1.99. The van der Waals surface area contributed by atoms with Crippen LogP contribution in [0.15, 0.2) is 0 Å². The molecule has 1 N–H and O–H groups in total. The summed E-state index contributed by atoms with van der Waals surface area (Å²) in [6.45, 7) is 3.40. The number of ether oxygens (including phenoxy) is 2. The van der Waals surface area contributed by atoms with E-state index < -0.39 is 0 Å². The highest BCUT2D eigenvalue weighted by atomic mass is 16.5. The summed E-state index contributed by atoms with van der Waals surface area (Å²) in [5, 5.41) is 3.12. The first-order chi connectivity index (χ1) is 8.27. The minimum atomic E-state index is 0.00848. The molecule has 0 spiro atoms. The third kappa shape index (κ3) is 5.48. The normalized spacial score (nSPS) is 18.1. The first-order valence-corrected chi connectivity index (χ1v) is 6.28. The molecular weight excluding hydrogens is 220 g/mol. The number of carbonyl (C=O) groups excluding carboxylic acids is 1. The van der Waals surface area contributed by atoms with Crippen LogP contribution in [0, 0.1) is 0 Å². The average molecular weight is 244 g/mol. The third-order valence-electron chi connectivity index (χ3n) is 3.04. The maximum Gasteiger partial charge on any atom is 0.236 e. The molecule has 1 rings (SSSR count). The highest BCUT2D eigenvalue weighted by Gasteiger charge is 2.16. The van der Waals surface area contributed by atoms with Crippen molar-refractivity contribution in [3.05, 3.63) is 0 Å². The molecule has 0 bridgehead atoms. The van der Waals surface area contributed by atoms with Crippen LogP contribution < -0.4 is 5.32 Å². The lowest BCUT2D eigenvalue weighted by atomic mass is 10.1. The lowest BCUT2D eigenvalue weighted by Gasteiger charge is -2.27. The fraction of sp³-hybridized carbons (Fsp3) is 0.917. The van der Waals surface area contributed by atoms with Crippen LogP contribution in [0.1, 0.15) is 19.3 Å². The van der Waals surface area contributed by atoms with Gasteiger partial charge in [-0.3, -0.25) is 4.79 Å². The summed E-state index contributed by atoms with van der Waals surface area (Å²) in [5.74, 6) is 0.192. The summed E-state index contributed by atoms with van der Waals surface area (Å²) >= 11 is 0. The zero-order valence-corrected chi connectivity index (χ0v) is 10.9. The standard InChI is InChI=1S/C12H24N2O3/c1-16-10-11(17-2)8-13-9-12(15)14-6-4-3-5-7-14/h11,13H,3-10H2,1-2H3. The molecule has 1 atom stereocenters. The molecule has 1 unspecified atom stereocenters. The second-order valence-corrected chi connectivity index (χ2v) is 4.39. The van der Waals surface area contributed by atoms with E-state index in [2.05, 4.69) is 5.32 Å². The van der Waals surface area contributed by atoms with Crippen molar-refractivity contribution in [2.75, 3.05) is 47.0 Å². The van der Waals surface area contributed by atoms with Crippen LogP contribution in [0.2, 0.25) is 0 Å². The lowest BCUT2D eigenvalue weighted by molar-refractivity contribution is -0.131. The highest BCUT2D eigenvalue weighted by Crippen LogP contribution is 2.08. The maximum atomic E-state index is 11.8. The van der Waals surface area contributed by atoms with Gasteiger partial charge >= 0.3 is 0 Å². The van der Waals surface area contributed by atoms with Crippen LogP contribution in [0.25, 0.3) is 0 Å². The molecule has 0 saturated carbocycles. The Balaban J connectivity index is 2.14. The molecule has 1 saturated heterocycles. The summed E-state index contributed by atoms with van der Waals surface area (Å²) in [6, 6.07) is 0. The molecule has 0 radical (unpaired) electrons. The summed E-state index contributed by atoms with van der Waals surface area (Å²) in [4.78, 5) is 13.8. The Morgan fingerprint density at radius 3 is 2.59 bits per heavy atom. The van der Waals surface area contributed by atoms with E-state index in [9.17, 15) is 4.79 Å². The van der Waals surface area contributed by atoms with Gasteiger partial charge in [0.1, 0.15) is 0 Å². The van der Waals surface area contributed by atoms with E-state index >= 15 is 0 Å². The third-order valence-corrected chi connectivity index (χ3v) is 3.04. The number of carbonyl (C=O) groups is 1. The number of likely N-dealkylation sites (tertiary alicyclic amines) is 1. The van der Waals surface area contributed by atoms with Crippen molar-refractivity contribution in [3.8, 4) is 0 Å². The first-order valence-electron chi connectivity index (χ1n) is 6.28. The molecule has 1 fully saturated rings. The van der Waals surface area contributed by atoms with Crippen molar-refractivity contribution < 1.29 is 14.3 Å². The van der Waals surface area contributed by atoms with E-state index in [0.29, 0.717) is 19.7 Å². The Hall–Kier alpha value is -0.650. The Kier molecular flexibility index (Phi) is 7.16. The van der Waals surface area contributed by atoms with E-state index in [1.165, 1.54) is 6.42 Å². The van der Waals surface area contributed by atoms with Crippen molar-refractivity contribution >= 4 is 5.91 Å². The number of hydrogen-bond donors (Lipinski definition) is 1. The summed E-state index contributed by atoms with van der Waals surface area (Å²) in [6.07, 6.45) is 3.53. The smallest absolute Gasteiger partial charge is 0.236 e. The van der Waals surface area contributed by atoms with Crippen LogP contribution >= 0.6 is 0 Å². The molecule has 1 heterocycles. The van der Waals surface area contributed by atoms with Crippen LogP contribution in [-0.2, 0) is 14.3 Å². The molecule has 0 aromatic heterocycles. The molecule has 1 aliphatic rings. The van der Waals surface area contributed by atoms with Gasteiger partial charge in [-0.05, 0) is 19.3 Å². The summed E-state index contributed by atoms with van der Waals surface area (Å²) in [5.41, 5.74) is 0. The largest absolute Gasteiger partial charge is 0.382 e. The van der Waals surface area contributed by atoms with E-state index in [4.69, 9.17) is 9.47 Å². The van der Waals surface area contributed by atoms with E-state index in [1.807, 2.05) is 4.90 Å². The Bertz CT molecular complexity index is 218. The van der Waals surface area contributed by atoms with Gasteiger partial charge in [-0.15, -0.1) is 0 Å². The molecule has 5 heteroatoms. The van der Waals surface area contributed by atoms with Crippen molar-refractivity contribution in [2.24, 2.45) is 0 Å². The molecule has 1 aliphatic heterocycles. The van der Waals surface area contributed by atoms with Crippen molar-refractivity contribution in [1.29, 1.82) is 0 Å². The Labute approximate surface area is 103 Å². The lowest BCUT2D eigenvalue weighted by Crippen LogP contribution is -2.43. The highest BCUT2D eigenvalue weighted by molar-refractivity contribution is 5.78. The van der Waals surface area contributed by atoms with Gasteiger partial charge in [0.05, 0.1) is 19.3 Å². The minimum Gasteiger partial charge on any atom is -0.382 e. The van der Waals surface area contributed by atoms with Gasteiger partial charge < -0.3 is 19.7 Å². The van der Waals surface area contributed by atoms with Crippen LogP contribution in [0.5, 0.6) is 0 Å². The van der Waals surface area contributed by atoms with Crippen molar-refractivity contribution in [3.63, 3.8) is 0 Å². The summed E-state index contributed by atoms with van der Waals surface area (Å²) < 4.78 is 10.2. The Morgan fingerprint density at radius 2 is 2.00 bits per heavy atom. The fourth-order valence-electron chi connectivity index (χ4n) is 1.99. The monoisotopic (exact) mass is 244 g/mol. The van der Waals surface area contributed by atoms with Gasteiger partial charge in [-0.2, -0.15) is 0 Å². The molecule has 5 nitrogen and oxygen atoms in total. The SMILES string of the molecule is COCC(CNCC(=O)N1CCCCC1)OC. The van der Waals surface area contributed by atoms with Gasteiger partial charge in [-0.25, -0.2) is 0 Å². The second kappa shape index (κ2) is 8.44. The summed E-state index contributed by atoms with van der Waals surface area (Å²) in [7, 11) is 3.29. The van der Waals surface area contributed by atoms with Crippen LogP contribution in [0.4, 0.5) is 0 Å². The van der Waals surface area contributed by atoms with E-state index in [1.54, 1.807) is 14.2 Å². The number of nitrogens with one attached hydrogen (secondary N) is 1. The topological polar surface area (TPSA) is 50.8 Å². The predicted molar refractivity (Wildman–Crippen MR) is 66.0 cm³/mol. The molecule has 0 aromatic carbocycles. The molecular formula is C12H24N2O3. The predicted octanol–water partition coefficient (Wildman–Crippen LogP) is 0.250. The molecule has 1 amide bonds. The van der Waals surface area contributed by atoms with Gasteiger partial charge in [0.15, 0.2) is 0 Å². The zero-order valence-electron chi connectivity index (χ0n) is 10.9. The minimum absolute atomic E-state index is 0.00848. The molecule has 17 heavy (non-hydrogen) atoms. The average Bonchev–Trinajstić information content (AvgIpc) is 2.38. The number of piperidine rings is 1. The maximum absolute atomic E-state index is 11.8.